The lowest BCUT2D eigenvalue weighted by molar-refractivity contribution is -0.0233. The first-order valence-electron chi connectivity index (χ1n) is 12.5. The maximum atomic E-state index is 11.8. The molecule has 0 fully saturated rings. The highest BCUT2D eigenvalue weighted by atomic mass is 35.5. The van der Waals surface area contributed by atoms with Crippen molar-refractivity contribution in [3.8, 4) is 0 Å². The van der Waals surface area contributed by atoms with E-state index in [1.165, 1.54) is 4.90 Å². The third-order valence-electron chi connectivity index (χ3n) is 4.10. The van der Waals surface area contributed by atoms with Gasteiger partial charge in [0, 0.05) is 19.5 Å². The van der Waals surface area contributed by atoms with E-state index in [0.29, 0.717) is 118 Å². The summed E-state index contributed by atoms with van der Waals surface area (Å²) in [5.41, 5.74) is -0.504. The highest BCUT2D eigenvalue weighted by Crippen LogP contribution is 2.08. The summed E-state index contributed by atoms with van der Waals surface area (Å²) in [6, 6.07) is 0. The van der Waals surface area contributed by atoms with E-state index in [9.17, 15) is 4.79 Å². The predicted octanol–water partition coefficient (Wildman–Crippen LogP) is 2.22. The van der Waals surface area contributed by atoms with Gasteiger partial charge >= 0.3 is 6.09 Å². The molecule has 0 heterocycles. The minimum atomic E-state index is -0.504. The van der Waals surface area contributed by atoms with Gasteiger partial charge in [0.05, 0.1) is 106 Å². The fourth-order valence-electron chi connectivity index (χ4n) is 2.33. The van der Waals surface area contributed by atoms with Crippen LogP contribution in [0.5, 0.6) is 0 Å². The van der Waals surface area contributed by atoms with E-state index in [1.807, 2.05) is 20.8 Å². The molecule has 0 radical (unpaired) electrons. The Labute approximate surface area is 221 Å². The van der Waals surface area contributed by atoms with Crippen molar-refractivity contribution in [3.05, 3.63) is 0 Å². The van der Waals surface area contributed by atoms with Gasteiger partial charge in [-0.25, -0.2) is 4.79 Å². The van der Waals surface area contributed by atoms with Crippen molar-refractivity contribution in [3.63, 3.8) is 0 Å². The molecule has 0 rings (SSSR count). The second-order valence-corrected chi connectivity index (χ2v) is 8.87. The highest BCUT2D eigenvalue weighted by molar-refractivity contribution is 6.17. The summed E-state index contributed by atoms with van der Waals surface area (Å²) in [5.74, 6) is 0.496. The van der Waals surface area contributed by atoms with Crippen LogP contribution in [0, 0.1) is 0 Å². The minimum Gasteiger partial charge on any atom is -0.444 e. The Morgan fingerprint density at radius 2 is 0.833 bits per heavy atom. The molecule has 0 bridgehead atoms. The molecule has 0 atom stereocenters. The van der Waals surface area contributed by atoms with Gasteiger partial charge in [0.1, 0.15) is 5.60 Å². The fraction of sp³-hybridized carbons (Fsp3) is 0.958. The molecule has 0 aromatic heterocycles. The summed E-state index contributed by atoms with van der Waals surface area (Å²) in [4.78, 5) is 13.3. The predicted molar refractivity (Wildman–Crippen MR) is 136 cm³/mol. The second-order valence-electron chi connectivity index (χ2n) is 8.49. The van der Waals surface area contributed by atoms with Gasteiger partial charge in [-0.05, 0) is 20.8 Å². The van der Waals surface area contributed by atoms with Crippen molar-refractivity contribution in [1.82, 2.24) is 4.90 Å². The summed E-state index contributed by atoms with van der Waals surface area (Å²) in [7, 11) is 1.68. The van der Waals surface area contributed by atoms with Gasteiger partial charge in [-0.1, -0.05) is 0 Å². The maximum Gasteiger partial charge on any atom is 0.410 e. The number of hydrogen-bond acceptors (Lipinski definition) is 10. The van der Waals surface area contributed by atoms with Crippen molar-refractivity contribution in [2.45, 2.75) is 26.4 Å². The van der Waals surface area contributed by atoms with Crippen molar-refractivity contribution < 1.29 is 47.4 Å². The molecule has 0 aliphatic rings. The van der Waals surface area contributed by atoms with Crippen molar-refractivity contribution in [2.75, 3.05) is 125 Å². The van der Waals surface area contributed by atoms with Crippen molar-refractivity contribution >= 4 is 17.7 Å². The lowest BCUT2D eigenvalue weighted by Gasteiger charge is -2.24. The smallest absolute Gasteiger partial charge is 0.410 e. The van der Waals surface area contributed by atoms with Gasteiger partial charge in [-0.15, -0.1) is 11.6 Å². The number of carbonyl (C=O) groups is 1. The molecule has 1 amide bonds. The third kappa shape index (κ3) is 27.8. The SMILES string of the molecule is CN(CCOCCOCCOCCOCCOCCOCCOCCOCCCl)C(=O)OC(C)(C)C. The van der Waals surface area contributed by atoms with Crippen molar-refractivity contribution in [2.24, 2.45) is 0 Å². The Balaban J connectivity index is 3.17. The Hall–Kier alpha value is -0.760. The molecule has 0 aromatic rings. The fourth-order valence-corrected chi connectivity index (χ4v) is 2.44. The second kappa shape index (κ2) is 25.9. The zero-order valence-corrected chi connectivity index (χ0v) is 23.4. The van der Waals surface area contributed by atoms with Gasteiger partial charge in [-0.3, -0.25) is 0 Å². The summed E-state index contributed by atoms with van der Waals surface area (Å²) >= 11 is 5.50. The number of rotatable bonds is 26. The molecule has 0 aliphatic heterocycles. The molecule has 0 unspecified atom stereocenters. The lowest BCUT2D eigenvalue weighted by atomic mass is 10.2. The van der Waals surface area contributed by atoms with Crippen LogP contribution in [0.3, 0.4) is 0 Å². The minimum absolute atomic E-state index is 0.361. The number of alkyl halides is 1. The van der Waals surface area contributed by atoms with Gasteiger partial charge in [0.15, 0.2) is 0 Å². The van der Waals surface area contributed by atoms with Crippen LogP contribution in [0.25, 0.3) is 0 Å². The molecule has 36 heavy (non-hydrogen) atoms. The Morgan fingerprint density at radius 1 is 0.556 bits per heavy atom. The van der Waals surface area contributed by atoms with Crippen molar-refractivity contribution in [1.29, 1.82) is 0 Å². The van der Waals surface area contributed by atoms with E-state index in [2.05, 4.69) is 0 Å². The first kappa shape index (κ1) is 35.2. The van der Waals surface area contributed by atoms with Crippen LogP contribution < -0.4 is 0 Å². The summed E-state index contributed by atoms with van der Waals surface area (Å²) < 4.78 is 48.4. The van der Waals surface area contributed by atoms with Gasteiger partial charge in [0.25, 0.3) is 0 Å². The number of amides is 1. The standard InChI is InChI=1S/C24H48ClNO10/c1-24(2,3)36-23(27)26(4)6-8-29-10-12-31-14-16-33-18-20-35-22-21-34-19-17-32-15-13-30-11-9-28-7-5-25/h5-22H2,1-4H3. The number of carbonyl (C=O) groups excluding carboxylic acids is 1. The van der Waals surface area contributed by atoms with E-state index >= 15 is 0 Å². The number of hydrogen-bond donors (Lipinski definition) is 0. The zero-order chi connectivity index (χ0) is 26.7. The van der Waals surface area contributed by atoms with Crippen LogP contribution in [-0.2, 0) is 42.6 Å². The van der Waals surface area contributed by atoms with Crippen LogP contribution >= 0.6 is 11.6 Å². The van der Waals surface area contributed by atoms with E-state index in [-0.39, 0.29) is 6.09 Å². The number of nitrogens with zero attached hydrogens (tertiary/aromatic N) is 1. The maximum absolute atomic E-state index is 11.8. The summed E-state index contributed by atoms with van der Waals surface area (Å²) in [6.45, 7) is 14.0. The van der Waals surface area contributed by atoms with E-state index in [0.717, 1.165) is 0 Å². The Kier molecular flexibility index (Phi) is 25.3. The molecule has 0 saturated carbocycles. The monoisotopic (exact) mass is 545 g/mol. The lowest BCUT2D eigenvalue weighted by Crippen LogP contribution is -2.36. The molecule has 11 nitrogen and oxygen atoms in total. The van der Waals surface area contributed by atoms with Crippen LogP contribution in [0.2, 0.25) is 0 Å². The van der Waals surface area contributed by atoms with Crippen LogP contribution in [0.15, 0.2) is 0 Å². The first-order valence-corrected chi connectivity index (χ1v) is 13.0. The number of halogens is 1. The molecule has 0 aliphatic carbocycles. The molecule has 216 valence electrons. The average Bonchev–Trinajstić information content (AvgIpc) is 2.82. The summed E-state index contributed by atoms with van der Waals surface area (Å²) in [6.07, 6.45) is -0.361. The largest absolute Gasteiger partial charge is 0.444 e. The highest BCUT2D eigenvalue weighted by Gasteiger charge is 2.19. The molecule has 0 N–H and O–H groups in total. The molecule has 0 saturated heterocycles. The molecule has 0 spiro atoms. The normalized spacial score (nSPS) is 11.7. The first-order chi connectivity index (χ1) is 17.4. The van der Waals surface area contributed by atoms with Crippen LogP contribution in [0.1, 0.15) is 20.8 Å². The zero-order valence-electron chi connectivity index (χ0n) is 22.6. The van der Waals surface area contributed by atoms with E-state index in [1.54, 1.807) is 7.05 Å². The molecule has 0 aromatic carbocycles. The number of likely N-dealkylation sites (N-methyl/N-ethyl adjacent to an activating group) is 1. The van der Waals surface area contributed by atoms with Gasteiger partial charge in [-0.2, -0.15) is 0 Å². The van der Waals surface area contributed by atoms with Crippen LogP contribution in [-0.4, -0.2) is 142 Å². The number of ether oxygens (including phenoxy) is 9. The van der Waals surface area contributed by atoms with E-state index in [4.69, 9.17) is 54.2 Å². The van der Waals surface area contributed by atoms with Crippen LogP contribution in [0.4, 0.5) is 4.79 Å². The van der Waals surface area contributed by atoms with E-state index < -0.39 is 5.60 Å². The quantitative estimate of drug-likeness (QED) is 0.119. The summed E-state index contributed by atoms with van der Waals surface area (Å²) in [5, 5.41) is 0. The topological polar surface area (TPSA) is 103 Å². The molecular formula is C24H48ClNO10. The Morgan fingerprint density at radius 3 is 1.11 bits per heavy atom. The Bertz CT molecular complexity index is 482. The van der Waals surface area contributed by atoms with Gasteiger partial charge in [0.2, 0.25) is 0 Å². The molecule has 12 heteroatoms. The average molecular weight is 546 g/mol. The molecular weight excluding hydrogens is 498 g/mol. The van der Waals surface area contributed by atoms with Gasteiger partial charge < -0.3 is 47.5 Å². The third-order valence-corrected chi connectivity index (χ3v) is 4.26.